The van der Waals surface area contributed by atoms with Crippen LogP contribution in [0.2, 0.25) is 0 Å². The molecule has 4 heteroatoms. The van der Waals surface area contributed by atoms with Crippen molar-refractivity contribution in [1.29, 1.82) is 0 Å². The number of aromatic nitrogens is 2. The number of amides is 1. The third kappa shape index (κ3) is 5.65. The molecule has 1 heterocycles. The monoisotopic (exact) mass is 283 g/mol. The first-order valence-corrected chi connectivity index (χ1v) is 7.22. The number of nitrogens with one attached hydrogen (secondary N) is 1. The van der Waals surface area contributed by atoms with E-state index in [4.69, 9.17) is 0 Å². The lowest BCUT2D eigenvalue weighted by atomic mass is 10.1. The van der Waals surface area contributed by atoms with Gasteiger partial charge in [-0.15, -0.1) is 0 Å². The van der Waals surface area contributed by atoms with E-state index in [2.05, 4.69) is 34.7 Å². The molecule has 0 spiro atoms. The van der Waals surface area contributed by atoms with E-state index in [1.165, 1.54) is 5.56 Å². The van der Waals surface area contributed by atoms with Crippen LogP contribution in [-0.4, -0.2) is 22.2 Å². The molecule has 21 heavy (non-hydrogen) atoms. The van der Waals surface area contributed by atoms with Gasteiger partial charge in [0.05, 0.1) is 6.20 Å². The maximum atomic E-state index is 11.6. The molecular weight excluding hydrogens is 262 g/mol. The number of unbranched alkanes of at least 4 members (excludes halogenated alkanes) is 1. The number of rotatable bonds is 7. The van der Waals surface area contributed by atoms with Gasteiger partial charge in [0.25, 0.3) is 0 Å². The van der Waals surface area contributed by atoms with Crippen molar-refractivity contribution in [2.75, 3.05) is 6.54 Å². The molecule has 4 nitrogen and oxygen atoms in total. The fraction of sp³-hybridized carbons (Fsp3) is 0.294. The van der Waals surface area contributed by atoms with Gasteiger partial charge in [0, 0.05) is 31.4 Å². The minimum Gasteiger partial charge on any atom is -0.353 e. The molecule has 110 valence electrons. The topological polar surface area (TPSA) is 46.9 Å². The summed E-state index contributed by atoms with van der Waals surface area (Å²) < 4.78 is 1.71. The number of aryl methyl sites for hydroxylation is 2. The van der Waals surface area contributed by atoms with Crippen molar-refractivity contribution in [1.82, 2.24) is 15.1 Å². The number of benzene rings is 1. The first kappa shape index (κ1) is 15.0. The van der Waals surface area contributed by atoms with Crippen molar-refractivity contribution < 1.29 is 4.79 Å². The summed E-state index contributed by atoms with van der Waals surface area (Å²) in [5, 5.41) is 6.94. The summed E-state index contributed by atoms with van der Waals surface area (Å²) in [5.74, 6) is -0.0569. The second-order valence-corrected chi connectivity index (χ2v) is 5.01. The largest absolute Gasteiger partial charge is 0.353 e. The zero-order chi connectivity index (χ0) is 14.9. The molecule has 0 saturated carbocycles. The number of nitrogens with zero attached hydrogens (tertiary/aromatic N) is 2. The number of hydrogen-bond donors (Lipinski definition) is 1. The minimum absolute atomic E-state index is 0.0569. The first-order valence-electron chi connectivity index (χ1n) is 7.22. The van der Waals surface area contributed by atoms with E-state index in [9.17, 15) is 4.79 Å². The minimum atomic E-state index is -0.0569. The van der Waals surface area contributed by atoms with Gasteiger partial charge in [0.2, 0.25) is 5.91 Å². The molecule has 0 aliphatic carbocycles. The van der Waals surface area contributed by atoms with Crippen molar-refractivity contribution in [3.05, 3.63) is 59.9 Å². The van der Waals surface area contributed by atoms with Crippen LogP contribution in [0.4, 0.5) is 0 Å². The van der Waals surface area contributed by atoms with Crippen LogP contribution in [-0.2, 0) is 18.3 Å². The fourth-order valence-electron chi connectivity index (χ4n) is 2.07. The van der Waals surface area contributed by atoms with E-state index in [1.54, 1.807) is 23.0 Å². The Bertz CT molecular complexity index is 587. The van der Waals surface area contributed by atoms with E-state index in [0.29, 0.717) is 6.54 Å². The highest BCUT2D eigenvalue weighted by molar-refractivity contribution is 5.91. The Labute approximate surface area is 125 Å². The van der Waals surface area contributed by atoms with Gasteiger partial charge in [-0.1, -0.05) is 30.3 Å². The molecule has 0 aliphatic rings. The maximum Gasteiger partial charge on any atom is 0.244 e. The van der Waals surface area contributed by atoms with Crippen LogP contribution >= 0.6 is 0 Å². The van der Waals surface area contributed by atoms with E-state index in [-0.39, 0.29) is 5.91 Å². The predicted molar refractivity (Wildman–Crippen MR) is 84.6 cm³/mol. The lowest BCUT2D eigenvalue weighted by Gasteiger charge is -2.03. The highest BCUT2D eigenvalue weighted by Crippen LogP contribution is 2.04. The van der Waals surface area contributed by atoms with Crippen LogP contribution in [0.25, 0.3) is 6.08 Å². The zero-order valence-corrected chi connectivity index (χ0v) is 12.3. The van der Waals surface area contributed by atoms with Crippen LogP contribution in [0.3, 0.4) is 0 Å². The molecule has 1 aromatic heterocycles. The summed E-state index contributed by atoms with van der Waals surface area (Å²) in [7, 11) is 1.85. The van der Waals surface area contributed by atoms with Crippen molar-refractivity contribution in [2.24, 2.45) is 7.05 Å². The number of carbonyl (C=O) groups is 1. The summed E-state index contributed by atoms with van der Waals surface area (Å²) >= 11 is 0. The number of carbonyl (C=O) groups excluding carboxylic acids is 1. The van der Waals surface area contributed by atoms with Crippen molar-refractivity contribution in [2.45, 2.75) is 19.3 Å². The molecule has 1 N–H and O–H groups in total. The molecule has 1 aromatic carbocycles. The molecule has 0 radical (unpaired) electrons. The second-order valence-electron chi connectivity index (χ2n) is 5.01. The van der Waals surface area contributed by atoms with Crippen molar-refractivity contribution in [3.63, 3.8) is 0 Å². The van der Waals surface area contributed by atoms with E-state index in [1.807, 2.05) is 19.3 Å². The quantitative estimate of drug-likeness (QED) is 0.627. The van der Waals surface area contributed by atoms with E-state index < -0.39 is 0 Å². The SMILES string of the molecule is Cn1cc(/C=C/C(=O)NCCCCc2ccccc2)cn1. The summed E-state index contributed by atoms with van der Waals surface area (Å²) in [4.78, 5) is 11.6. The van der Waals surface area contributed by atoms with Gasteiger partial charge in [0.15, 0.2) is 0 Å². The fourth-order valence-corrected chi connectivity index (χ4v) is 2.07. The Morgan fingerprint density at radius 2 is 2.10 bits per heavy atom. The molecule has 1 amide bonds. The third-order valence-corrected chi connectivity index (χ3v) is 3.19. The highest BCUT2D eigenvalue weighted by Gasteiger charge is 1.97. The Kier molecular flexibility index (Phi) is 5.76. The summed E-state index contributed by atoms with van der Waals surface area (Å²) in [6, 6.07) is 10.4. The van der Waals surface area contributed by atoms with Gasteiger partial charge in [-0.2, -0.15) is 5.10 Å². The smallest absolute Gasteiger partial charge is 0.244 e. The number of hydrogen-bond acceptors (Lipinski definition) is 2. The average Bonchev–Trinajstić information content (AvgIpc) is 2.91. The van der Waals surface area contributed by atoms with Crippen LogP contribution in [0.15, 0.2) is 48.8 Å². The zero-order valence-electron chi connectivity index (χ0n) is 12.3. The lowest BCUT2D eigenvalue weighted by Crippen LogP contribution is -2.22. The molecule has 2 rings (SSSR count). The maximum absolute atomic E-state index is 11.6. The Morgan fingerprint density at radius 3 is 2.81 bits per heavy atom. The van der Waals surface area contributed by atoms with Gasteiger partial charge in [-0.3, -0.25) is 9.48 Å². The molecule has 0 atom stereocenters. The highest BCUT2D eigenvalue weighted by atomic mass is 16.1. The van der Waals surface area contributed by atoms with E-state index >= 15 is 0 Å². The van der Waals surface area contributed by atoms with Gasteiger partial charge in [-0.05, 0) is 30.9 Å². The molecule has 0 unspecified atom stereocenters. The Hall–Kier alpha value is -2.36. The summed E-state index contributed by atoms with van der Waals surface area (Å²) in [5.41, 5.74) is 2.28. The average molecular weight is 283 g/mol. The van der Waals surface area contributed by atoms with Crippen LogP contribution in [0.5, 0.6) is 0 Å². The Balaban J connectivity index is 1.60. The normalized spacial score (nSPS) is 10.9. The molecule has 2 aromatic rings. The van der Waals surface area contributed by atoms with Gasteiger partial charge in [-0.25, -0.2) is 0 Å². The standard InChI is InChI=1S/C17H21N3O/c1-20-14-16(13-19-20)10-11-17(21)18-12-6-5-9-15-7-3-2-4-8-15/h2-4,7-8,10-11,13-14H,5-6,9,12H2,1H3,(H,18,21)/b11-10+. The third-order valence-electron chi connectivity index (χ3n) is 3.19. The first-order chi connectivity index (χ1) is 10.2. The van der Waals surface area contributed by atoms with Crippen LogP contribution in [0.1, 0.15) is 24.0 Å². The van der Waals surface area contributed by atoms with Gasteiger partial charge >= 0.3 is 0 Å². The molecular formula is C17H21N3O. The Morgan fingerprint density at radius 1 is 1.29 bits per heavy atom. The van der Waals surface area contributed by atoms with Gasteiger partial charge in [0.1, 0.15) is 0 Å². The van der Waals surface area contributed by atoms with Crippen molar-refractivity contribution >= 4 is 12.0 Å². The second kappa shape index (κ2) is 8.04. The van der Waals surface area contributed by atoms with Crippen molar-refractivity contribution in [3.8, 4) is 0 Å². The molecule has 0 saturated heterocycles. The molecule has 0 fully saturated rings. The van der Waals surface area contributed by atoms with Crippen LogP contribution < -0.4 is 5.32 Å². The molecule has 0 aliphatic heterocycles. The summed E-state index contributed by atoms with van der Waals surface area (Å²) in [6.45, 7) is 0.711. The van der Waals surface area contributed by atoms with Gasteiger partial charge < -0.3 is 5.32 Å². The molecule has 0 bridgehead atoms. The lowest BCUT2D eigenvalue weighted by molar-refractivity contribution is -0.116. The summed E-state index contributed by atoms with van der Waals surface area (Å²) in [6.07, 6.45) is 10.0. The predicted octanol–water partition coefficient (Wildman–Crippen LogP) is 2.57. The van der Waals surface area contributed by atoms with E-state index in [0.717, 1.165) is 24.8 Å². The van der Waals surface area contributed by atoms with Crippen LogP contribution in [0, 0.1) is 0 Å².